The van der Waals surface area contributed by atoms with Crippen molar-refractivity contribution in [3.8, 4) is 5.75 Å². The summed E-state index contributed by atoms with van der Waals surface area (Å²) in [7, 11) is 0. The Morgan fingerprint density at radius 3 is 2.57 bits per heavy atom. The van der Waals surface area contributed by atoms with Gasteiger partial charge in [0.1, 0.15) is 5.75 Å². The van der Waals surface area contributed by atoms with Crippen LogP contribution in [0.15, 0.2) is 24.3 Å². The maximum Gasteiger partial charge on any atom is 0.142 e. The van der Waals surface area contributed by atoms with Crippen molar-refractivity contribution in [3.63, 3.8) is 0 Å². The third-order valence-corrected chi connectivity index (χ3v) is 5.16. The molecular weight excluding hydrogens is 260 g/mol. The molecule has 1 aliphatic heterocycles. The highest BCUT2D eigenvalue weighted by molar-refractivity contribution is 5.59. The van der Waals surface area contributed by atoms with Gasteiger partial charge in [0.05, 0.1) is 12.3 Å². The Labute approximate surface area is 128 Å². The molecule has 1 fully saturated rings. The van der Waals surface area contributed by atoms with Gasteiger partial charge in [0, 0.05) is 18.5 Å². The van der Waals surface area contributed by atoms with Crippen molar-refractivity contribution in [3.05, 3.63) is 24.3 Å². The van der Waals surface area contributed by atoms with Crippen LogP contribution in [-0.4, -0.2) is 26.2 Å². The first kappa shape index (κ1) is 14.7. The lowest BCUT2D eigenvalue weighted by Crippen LogP contribution is -2.43. The first-order valence-corrected chi connectivity index (χ1v) is 8.50. The number of hydrogen-bond donors (Lipinski definition) is 1. The molecule has 0 spiro atoms. The molecule has 1 saturated carbocycles. The molecule has 1 heterocycles. The Kier molecular flexibility index (Phi) is 4.69. The molecule has 1 aromatic carbocycles. The van der Waals surface area contributed by atoms with Gasteiger partial charge in [-0.2, -0.15) is 0 Å². The molecule has 2 aliphatic rings. The second kappa shape index (κ2) is 6.69. The highest BCUT2D eigenvalue weighted by Gasteiger charge is 2.32. The van der Waals surface area contributed by atoms with Crippen LogP contribution in [0.1, 0.15) is 44.9 Å². The fourth-order valence-corrected chi connectivity index (χ4v) is 3.87. The van der Waals surface area contributed by atoms with E-state index in [1.807, 2.05) is 0 Å². The van der Waals surface area contributed by atoms with Gasteiger partial charge in [0.25, 0.3) is 0 Å². The molecule has 0 amide bonds. The average Bonchev–Trinajstić information content (AvgIpc) is 2.87. The molecule has 0 atom stereocenters. The zero-order valence-corrected chi connectivity index (χ0v) is 13.0. The third-order valence-electron chi connectivity index (χ3n) is 5.16. The maximum absolute atomic E-state index is 6.23. The van der Waals surface area contributed by atoms with Crippen molar-refractivity contribution in [2.24, 2.45) is 11.1 Å². The first-order valence-electron chi connectivity index (χ1n) is 8.50. The SMILES string of the molecule is NCC1(CN2CCCOc3ccccc32)CCCCCC1. The summed E-state index contributed by atoms with van der Waals surface area (Å²) in [4.78, 5) is 2.53. The minimum atomic E-state index is 0.300. The lowest BCUT2D eigenvalue weighted by molar-refractivity contribution is 0.258. The van der Waals surface area contributed by atoms with E-state index in [1.54, 1.807) is 0 Å². The fourth-order valence-electron chi connectivity index (χ4n) is 3.87. The molecule has 1 aromatic rings. The fraction of sp³-hybridized carbons (Fsp3) is 0.667. The van der Waals surface area contributed by atoms with Crippen LogP contribution in [0.5, 0.6) is 5.75 Å². The number of para-hydroxylation sites is 2. The number of benzene rings is 1. The average molecular weight is 288 g/mol. The normalized spacial score (nSPS) is 21.9. The van der Waals surface area contributed by atoms with E-state index in [4.69, 9.17) is 10.5 Å². The second-order valence-electron chi connectivity index (χ2n) is 6.71. The number of nitrogens with zero attached hydrogens (tertiary/aromatic N) is 1. The quantitative estimate of drug-likeness (QED) is 0.864. The van der Waals surface area contributed by atoms with Crippen molar-refractivity contribution in [1.29, 1.82) is 0 Å². The van der Waals surface area contributed by atoms with Gasteiger partial charge in [0.2, 0.25) is 0 Å². The summed E-state index contributed by atoms with van der Waals surface area (Å²) in [6.07, 6.45) is 9.08. The zero-order valence-electron chi connectivity index (χ0n) is 13.0. The van der Waals surface area contributed by atoms with Crippen LogP contribution in [0.4, 0.5) is 5.69 Å². The lowest BCUT2D eigenvalue weighted by Gasteiger charge is -2.38. The van der Waals surface area contributed by atoms with Gasteiger partial charge in [0.15, 0.2) is 0 Å². The maximum atomic E-state index is 6.23. The molecule has 0 bridgehead atoms. The van der Waals surface area contributed by atoms with Crippen LogP contribution in [-0.2, 0) is 0 Å². The molecule has 3 nitrogen and oxygen atoms in total. The smallest absolute Gasteiger partial charge is 0.142 e. The molecule has 3 rings (SSSR count). The number of hydrogen-bond acceptors (Lipinski definition) is 3. The van der Waals surface area contributed by atoms with E-state index in [9.17, 15) is 0 Å². The minimum Gasteiger partial charge on any atom is -0.491 e. The highest BCUT2D eigenvalue weighted by Crippen LogP contribution is 2.38. The molecule has 0 aromatic heterocycles. The summed E-state index contributed by atoms with van der Waals surface area (Å²) in [6.45, 7) is 3.80. The van der Waals surface area contributed by atoms with Gasteiger partial charge in [-0.25, -0.2) is 0 Å². The molecule has 21 heavy (non-hydrogen) atoms. The molecule has 0 saturated heterocycles. The first-order chi connectivity index (χ1) is 10.3. The molecule has 2 N–H and O–H groups in total. The van der Waals surface area contributed by atoms with Crippen LogP contribution in [0, 0.1) is 5.41 Å². The molecule has 116 valence electrons. The van der Waals surface area contributed by atoms with E-state index >= 15 is 0 Å². The predicted molar refractivity (Wildman–Crippen MR) is 88.0 cm³/mol. The van der Waals surface area contributed by atoms with Gasteiger partial charge in [-0.05, 0) is 37.9 Å². The van der Waals surface area contributed by atoms with E-state index < -0.39 is 0 Å². The van der Waals surface area contributed by atoms with Crippen LogP contribution < -0.4 is 15.4 Å². The molecular formula is C18H28N2O. The van der Waals surface area contributed by atoms with E-state index in [1.165, 1.54) is 44.2 Å². The molecule has 1 aliphatic carbocycles. The van der Waals surface area contributed by atoms with E-state index in [-0.39, 0.29) is 0 Å². The second-order valence-corrected chi connectivity index (χ2v) is 6.71. The van der Waals surface area contributed by atoms with E-state index in [0.717, 1.165) is 38.4 Å². The zero-order chi connectivity index (χ0) is 14.5. The van der Waals surface area contributed by atoms with Crippen molar-refractivity contribution >= 4 is 5.69 Å². The number of fused-ring (bicyclic) bond motifs is 1. The van der Waals surface area contributed by atoms with E-state index in [2.05, 4.69) is 29.2 Å². The number of nitrogens with two attached hydrogens (primary N) is 1. The predicted octanol–water partition coefficient (Wildman–Crippen LogP) is 3.57. The van der Waals surface area contributed by atoms with Crippen LogP contribution in [0.2, 0.25) is 0 Å². The molecule has 0 unspecified atom stereocenters. The van der Waals surface area contributed by atoms with Crippen molar-refractivity contribution in [2.45, 2.75) is 44.9 Å². The van der Waals surface area contributed by atoms with Gasteiger partial charge < -0.3 is 15.4 Å². The summed E-state index contributed by atoms with van der Waals surface area (Å²) < 4.78 is 5.89. The Bertz CT molecular complexity index is 452. The Morgan fingerprint density at radius 1 is 1.05 bits per heavy atom. The summed E-state index contributed by atoms with van der Waals surface area (Å²) in [5.41, 5.74) is 7.78. The van der Waals surface area contributed by atoms with E-state index in [0.29, 0.717) is 5.41 Å². The number of ether oxygens (including phenoxy) is 1. The van der Waals surface area contributed by atoms with Gasteiger partial charge in [-0.3, -0.25) is 0 Å². The largest absolute Gasteiger partial charge is 0.491 e. The summed E-state index contributed by atoms with van der Waals surface area (Å²) in [5, 5.41) is 0. The Hall–Kier alpha value is -1.22. The summed E-state index contributed by atoms with van der Waals surface area (Å²) in [6, 6.07) is 8.47. The molecule has 0 radical (unpaired) electrons. The third kappa shape index (κ3) is 3.34. The Balaban J connectivity index is 1.82. The van der Waals surface area contributed by atoms with Gasteiger partial charge in [-0.1, -0.05) is 37.8 Å². The van der Waals surface area contributed by atoms with Gasteiger partial charge >= 0.3 is 0 Å². The monoisotopic (exact) mass is 288 g/mol. The van der Waals surface area contributed by atoms with Crippen LogP contribution in [0.3, 0.4) is 0 Å². The standard InChI is InChI=1S/C18H28N2O/c19-14-18(10-5-1-2-6-11-18)15-20-12-7-13-21-17-9-4-3-8-16(17)20/h3-4,8-9H,1-2,5-7,10-15,19H2. The lowest BCUT2D eigenvalue weighted by atomic mass is 9.79. The van der Waals surface area contributed by atoms with Crippen LogP contribution >= 0.6 is 0 Å². The van der Waals surface area contributed by atoms with Crippen LogP contribution in [0.25, 0.3) is 0 Å². The minimum absolute atomic E-state index is 0.300. The number of anilines is 1. The summed E-state index contributed by atoms with van der Waals surface area (Å²) in [5.74, 6) is 1.04. The number of rotatable bonds is 3. The molecule has 3 heteroatoms. The van der Waals surface area contributed by atoms with Gasteiger partial charge in [-0.15, -0.1) is 0 Å². The topological polar surface area (TPSA) is 38.5 Å². The highest BCUT2D eigenvalue weighted by atomic mass is 16.5. The summed E-state index contributed by atoms with van der Waals surface area (Å²) >= 11 is 0. The van der Waals surface area contributed by atoms with Crippen molar-refractivity contribution < 1.29 is 4.74 Å². The van der Waals surface area contributed by atoms with Crippen molar-refractivity contribution in [2.75, 3.05) is 31.1 Å². The Morgan fingerprint density at radius 2 is 1.81 bits per heavy atom. The van der Waals surface area contributed by atoms with Crippen molar-refractivity contribution in [1.82, 2.24) is 0 Å².